The predicted octanol–water partition coefficient (Wildman–Crippen LogP) is 4.72. The summed E-state index contributed by atoms with van der Waals surface area (Å²) < 4.78 is 10.9. The highest BCUT2D eigenvalue weighted by atomic mass is 16.5. The molecule has 0 aromatic heterocycles. The summed E-state index contributed by atoms with van der Waals surface area (Å²) >= 11 is 0. The lowest BCUT2D eigenvalue weighted by molar-refractivity contribution is 0.392. The number of methoxy groups -OCH3 is 2. The molecule has 2 nitrogen and oxygen atoms in total. The molecule has 0 fully saturated rings. The molecule has 0 N–H and O–H groups in total. The molecule has 23 heavy (non-hydrogen) atoms. The van der Waals surface area contributed by atoms with Crippen molar-refractivity contribution in [3.8, 4) is 11.5 Å². The molecule has 0 aliphatic carbocycles. The zero-order chi connectivity index (χ0) is 16.1. The third kappa shape index (κ3) is 3.21. The lowest BCUT2D eigenvalue weighted by Gasteiger charge is -2.21. The highest BCUT2D eigenvalue weighted by Gasteiger charge is 2.21. The minimum Gasteiger partial charge on any atom is -0.497 e. The largest absolute Gasteiger partial charge is 0.497 e. The van der Waals surface area contributed by atoms with Gasteiger partial charge in [0.15, 0.2) is 0 Å². The van der Waals surface area contributed by atoms with Crippen molar-refractivity contribution in [3.63, 3.8) is 0 Å². The number of benzene rings is 3. The van der Waals surface area contributed by atoms with E-state index < -0.39 is 0 Å². The fraction of sp³-hybridized carbons (Fsp3) is 0.0952. The van der Waals surface area contributed by atoms with Gasteiger partial charge in [0.1, 0.15) is 11.5 Å². The van der Waals surface area contributed by atoms with Gasteiger partial charge in [0.2, 0.25) is 0 Å². The van der Waals surface area contributed by atoms with Crippen molar-refractivity contribution in [2.45, 2.75) is 0 Å². The van der Waals surface area contributed by atoms with Gasteiger partial charge in [-0.2, -0.15) is 0 Å². The molecule has 0 unspecified atom stereocenters. The zero-order valence-corrected chi connectivity index (χ0v) is 13.3. The summed E-state index contributed by atoms with van der Waals surface area (Å²) in [5.41, 5.74) is 3.36. The number of hydrogen-bond acceptors (Lipinski definition) is 2. The molecule has 0 atom stereocenters. The smallest absolute Gasteiger partial charge is 0.127 e. The molecule has 3 rings (SSSR count). The molecular formula is C21H19O2. The molecule has 0 heterocycles. The molecule has 2 heteroatoms. The molecule has 0 bridgehead atoms. The quantitative estimate of drug-likeness (QED) is 0.635. The molecule has 0 amide bonds. The van der Waals surface area contributed by atoms with E-state index in [0.29, 0.717) is 0 Å². The maximum absolute atomic E-state index is 5.61. The number of hydrogen-bond donors (Lipinski definition) is 0. The Balaban J connectivity index is 2.17. The first kappa shape index (κ1) is 15.2. The Bertz CT molecular complexity index is 712. The van der Waals surface area contributed by atoms with Crippen LogP contribution in [-0.2, 0) is 0 Å². The Morgan fingerprint density at radius 3 is 1.70 bits per heavy atom. The van der Waals surface area contributed by atoms with Crippen molar-refractivity contribution in [1.29, 1.82) is 0 Å². The fourth-order valence-corrected chi connectivity index (χ4v) is 2.69. The van der Waals surface area contributed by atoms with E-state index in [1.807, 2.05) is 54.6 Å². The standard InChI is InChI=1S/C21H19O2/c1-22-18-13-14-19(20(15-18)23-2)21(16-9-5-3-6-10-16)17-11-7-4-8-12-17/h3-15H,1-2H3. The Hall–Kier alpha value is -2.74. The van der Waals surface area contributed by atoms with Gasteiger partial charge in [0, 0.05) is 11.6 Å². The molecule has 0 saturated heterocycles. The maximum Gasteiger partial charge on any atom is 0.127 e. The molecule has 1 radical (unpaired) electrons. The van der Waals surface area contributed by atoms with Gasteiger partial charge >= 0.3 is 0 Å². The first-order valence-corrected chi connectivity index (χ1v) is 7.53. The van der Waals surface area contributed by atoms with Gasteiger partial charge < -0.3 is 9.47 Å². The summed E-state index contributed by atoms with van der Waals surface area (Å²) in [4.78, 5) is 0. The van der Waals surface area contributed by atoms with Crippen molar-refractivity contribution in [2.75, 3.05) is 14.2 Å². The second-order valence-electron chi connectivity index (χ2n) is 5.17. The van der Waals surface area contributed by atoms with Crippen molar-refractivity contribution < 1.29 is 9.47 Å². The van der Waals surface area contributed by atoms with Crippen molar-refractivity contribution in [1.82, 2.24) is 0 Å². The van der Waals surface area contributed by atoms with Crippen molar-refractivity contribution in [2.24, 2.45) is 0 Å². The third-order valence-corrected chi connectivity index (χ3v) is 3.80. The topological polar surface area (TPSA) is 18.5 Å². The summed E-state index contributed by atoms with van der Waals surface area (Å²) in [6, 6.07) is 26.6. The molecule has 0 aliphatic rings. The van der Waals surface area contributed by atoms with Crippen LogP contribution in [0.5, 0.6) is 11.5 Å². The molecule has 0 saturated carbocycles. The highest BCUT2D eigenvalue weighted by molar-refractivity contribution is 5.62. The van der Waals surface area contributed by atoms with Crippen LogP contribution < -0.4 is 9.47 Å². The molecule has 3 aromatic carbocycles. The van der Waals surface area contributed by atoms with Gasteiger partial charge in [0.05, 0.1) is 20.1 Å². The van der Waals surface area contributed by atoms with Crippen LogP contribution >= 0.6 is 0 Å². The van der Waals surface area contributed by atoms with E-state index in [1.54, 1.807) is 14.2 Å². The van der Waals surface area contributed by atoms with E-state index >= 15 is 0 Å². The molecular weight excluding hydrogens is 284 g/mol. The zero-order valence-electron chi connectivity index (χ0n) is 13.3. The third-order valence-electron chi connectivity index (χ3n) is 3.80. The molecule has 115 valence electrons. The van der Waals surface area contributed by atoms with Gasteiger partial charge in [-0.3, -0.25) is 0 Å². The van der Waals surface area contributed by atoms with E-state index in [9.17, 15) is 0 Å². The average Bonchev–Trinajstić information content (AvgIpc) is 2.64. The first-order chi connectivity index (χ1) is 11.3. The van der Waals surface area contributed by atoms with E-state index in [2.05, 4.69) is 24.3 Å². The summed E-state index contributed by atoms with van der Waals surface area (Å²) in [5.74, 6) is 2.73. The molecule has 0 spiro atoms. The lowest BCUT2D eigenvalue weighted by atomic mass is 9.84. The minimum absolute atomic E-state index is 0.783. The summed E-state index contributed by atoms with van der Waals surface area (Å²) in [6.45, 7) is 0. The Morgan fingerprint density at radius 2 is 1.22 bits per heavy atom. The summed E-state index contributed by atoms with van der Waals surface area (Å²) in [7, 11) is 3.35. The van der Waals surface area contributed by atoms with Gasteiger partial charge in [-0.05, 0) is 17.2 Å². The van der Waals surface area contributed by atoms with Crippen LogP contribution in [0.15, 0.2) is 78.9 Å². The lowest BCUT2D eigenvalue weighted by Crippen LogP contribution is -2.06. The second kappa shape index (κ2) is 7.01. The predicted molar refractivity (Wildman–Crippen MR) is 93.0 cm³/mol. The van der Waals surface area contributed by atoms with E-state index in [-0.39, 0.29) is 0 Å². The van der Waals surface area contributed by atoms with E-state index in [0.717, 1.165) is 34.1 Å². The van der Waals surface area contributed by atoms with Crippen LogP contribution in [0.4, 0.5) is 0 Å². The van der Waals surface area contributed by atoms with E-state index in [1.165, 1.54) is 0 Å². The minimum atomic E-state index is 0.783. The molecule has 0 aliphatic heterocycles. The Labute approximate surface area is 137 Å². The highest BCUT2D eigenvalue weighted by Crippen LogP contribution is 2.37. The average molecular weight is 303 g/mol. The number of ether oxygens (including phenoxy) is 2. The van der Waals surface area contributed by atoms with Crippen LogP contribution in [0.2, 0.25) is 0 Å². The van der Waals surface area contributed by atoms with Crippen LogP contribution in [0.3, 0.4) is 0 Å². The Morgan fingerprint density at radius 1 is 0.652 bits per heavy atom. The normalized spacial score (nSPS) is 10.6. The van der Waals surface area contributed by atoms with Crippen LogP contribution in [0, 0.1) is 5.92 Å². The van der Waals surface area contributed by atoms with Gasteiger partial charge in [-0.15, -0.1) is 0 Å². The SMILES string of the molecule is COc1ccc([C](c2ccccc2)c2ccccc2)c(OC)c1. The van der Waals surface area contributed by atoms with E-state index in [4.69, 9.17) is 9.47 Å². The summed E-state index contributed by atoms with van der Waals surface area (Å²) in [6.07, 6.45) is 0. The monoisotopic (exact) mass is 303 g/mol. The maximum atomic E-state index is 5.61. The number of rotatable bonds is 5. The molecule has 3 aromatic rings. The van der Waals surface area contributed by atoms with Crippen LogP contribution in [0.25, 0.3) is 0 Å². The van der Waals surface area contributed by atoms with Crippen LogP contribution in [-0.4, -0.2) is 14.2 Å². The van der Waals surface area contributed by atoms with Gasteiger partial charge in [-0.1, -0.05) is 66.7 Å². The second-order valence-corrected chi connectivity index (χ2v) is 5.17. The van der Waals surface area contributed by atoms with Crippen LogP contribution in [0.1, 0.15) is 16.7 Å². The van der Waals surface area contributed by atoms with Gasteiger partial charge in [-0.25, -0.2) is 0 Å². The fourth-order valence-electron chi connectivity index (χ4n) is 2.69. The Kier molecular flexibility index (Phi) is 4.62. The summed E-state index contributed by atoms with van der Waals surface area (Å²) in [5, 5.41) is 0. The van der Waals surface area contributed by atoms with Crippen molar-refractivity contribution >= 4 is 0 Å². The van der Waals surface area contributed by atoms with Gasteiger partial charge in [0.25, 0.3) is 0 Å². The van der Waals surface area contributed by atoms with Crippen molar-refractivity contribution in [3.05, 3.63) is 101 Å². The first-order valence-electron chi connectivity index (χ1n) is 7.53.